The largest absolute Gasteiger partial charge is 0.394 e. The van der Waals surface area contributed by atoms with E-state index in [0.29, 0.717) is 12.8 Å². The molecule has 0 saturated carbocycles. The van der Waals surface area contributed by atoms with Crippen molar-refractivity contribution in [2.75, 3.05) is 19.8 Å². The molecule has 0 aromatic heterocycles. The quantitative estimate of drug-likeness (QED) is 0.0204. The first-order chi connectivity index (χ1) is 51.6. The normalized spacial score (nSPS) is 21.6. The summed E-state index contributed by atoms with van der Waals surface area (Å²) >= 11 is 0. The van der Waals surface area contributed by atoms with Crippen LogP contribution < -0.4 is 5.32 Å². The molecular weight excluding hydrogens is 1310 g/mol. The van der Waals surface area contributed by atoms with Gasteiger partial charge in [-0.3, -0.25) is 4.79 Å². The molecule has 2 rings (SSSR count). The highest BCUT2D eigenvalue weighted by molar-refractivity contribution is 5.76. The van der Waals surface area contributed by atoms with Gasteiger partial charge in [-0.1, -0.05) is 396 Å². The Morgan fingerprint density at radius 1 is 0.343 bits per heavy atom. The number of allylic oxidation sites excluding steroid dienone is 9. The predicted octanol–water partition coefficient (Wildman–Crippen LogP) is 21.9. The van der Waals surface area contributed by atoms with E-state index >= 15 is 0 Å². The number of aliphatic hydroxyl groups is 8. The minimum atomic E-state index is -1.79. The SMILES string of the molecule is CCCCCCC/C=C\C/C=C\CCCCCCCCCCCCCCCCCCCCCCCCCCCCCCCC(=O)NC(COC1OC(CO)C(OC2OC(CO)C(O)C(O)C2O)C(O)C1O)C(O)/C=C/CC/C=C/CC/C=C/CCCCCCCCCCCCCCCCCCCCCC. The summed E-state index contributed by atoms with van der Waals surface area (Å²) in [5.74, 6) is -0.245. The summed E-state index contributed by atoms with van der Waals surface area (Å²) in [6.45, 7) is 2.83. The van der Waals surface area contributed by atoms with Crippen LogP contribution in [0.5, 0.6) is 0 Å². The van der Waals surface area contributed by atoms with Crippen LogP contribution >= 0.6 is 0 Å². The molecule has 2 heterocycles. The first kappa shape index (κ1) is 98.8. The minimum Gasteiger partial charge on any atom is -0.394 e. The van der Waals surface area contributed by atoms with E-state index in [1.807, 2.05) is 6.08 Å². The van der Waals surface area contributed by atoms with E-state index in [0.717, 1.165) is 51.4 Å². The van der Waals surface area contributed by atoms with Gasteiger partial charge < -0.3 is 65.1 Å². The Hall–Kier alpha value is -2.31. The number of carbonyl (C=O) groups is 1. The van der Waals surface area contributed by atoms with Crippen LogP contribution in [0, 0.1) is 0 Å². The molecule has 1 amide bonds. The monoisotopic (exact) mass is 1480 g/mol. The molecule has 105 heavy (non-hydrogen) atoms. The van der Waals surface area contributed by atoms with Gasteiger partial charge in [-0.2, -0.15) is 0 Å². The zero-order chi connectivity index (χ0) is 75.8. The van der Waals surface area contributed by atoms with Crippen LogP contribution in [0.15, 0.2) is 60.8 Å². The van der Waals surface area contributed by atoms with Crippen LogP contribution in [0.4, 0.5) is 0 Å². The highest BCUT2D eigenvalue weighted by atomic mass is 16.7. The second-order valence-electron chi connectivity index (χ2n) is 31.7. The van der Waals surface area contributed by atoms with Gasteiger partial charge in [0.05, 0.1) is 32.0 Å². The fourth-order valence-electron chi connectivity index (χ4n) is 14.8. The summed E-state index contributed by atoms with van der Waals surface area (Å²) in [6, 6.07) is -0.940. The van der Waals surface area contributed by atoms with Crippen LogP contribution in [0.1, 0.15) is 418 Å². The average Bonchev–Trinajstić information content (AvgIpc) is 0.769. The van der Waals surface area contributed by atoms with Crippen LogP contribution in [-0.2, 0) is 23.7 Å². The van der Waals surface area contributed by atoms with Crippen molar-refractivity contribution in [1.82, 2.24) is 5.32 Å². The lowest BCUT2D eigenvalue weighted by Gasteiger charge is -2.46. The van der Waals surface area contributed by atoms with E-state index in [9.17, 15) is 45.6 Å². The summed E-state index contributed by atoms with van der Waals surface area (Å²) in [4.78, 5) is 13.4. The number of nitrogens with one attached hydrogen (secondary N) is 1. The zero-order valence-electron chi connectivity index (χ0n) is 68.0. The number of rotatable bonds is 77. The van der Waals surface area contributed by atoms with E-state index < -0.39 is 86.8 Å². The van der Waals surface area contributed by atoms with Crippen molar-refractivity contribution in [3.63, 3.8) is 0 Å². The van der Waals surface area contributed by atoms with Crippen molar-refractivity contribution in [3.05, 3.63) is 60.8 Å². The van der Waals surface area contributed by atoms with Crippen LogP contribution in [0.3, 0.4) is 0 Å². The van der Waals surface area contributed by atoms with Crippen molar-refractivity contribution in [2.45, 2.75) is 492 Å². The Balaban J connectivity index is 1.57. The van der Waals surface area contributed by atoms with E-state index in [1.54, 1.807) is 6.08 Å². The van der Waals surface area contributed by atoms with Gasteiger partial charge in [0.15, 0.2) is 12.6 Å². The Labute approximate surface area is 645 Å². The van der Waals surface area contributed by atoms with Crippen molar-refractivity contribution in [2.24, 2.45) is 0 Å². The van der Waals surface area contributed by atoms with Gasteiger partial charge in [0.2, 0.25) is 5.91 Å². The summed E-state index contributed by atoms with van der Waals surface area (Å²) in [5, 5.41) is 87.8. The molecule has 14 heteroatoms. The number of unbranched alkanes of at least 4 members (excludes halogenated alkanes) is 56. The van der Waals surface area contributed by atoms with Gasteiger partial charge in [-0.25, -0.2) is 0 Å². The van der Waals surface area contributed by atoms with Crippen molar-refractivity contribution in [1.29, 1.82) is 0 Å². The van der Waals surface area contributed by atoms with Gasteiger partial charge in [0.25, 0.3) is 0 Å². The molecule has 0 radical (unpaired) electrons. The fourth-order valence-corrected chi connectivity index (χ4v) is 14.8. The van der Waals surface area contributed by atoms with Gasteiger partial charge in [0.1, 0.15) is 48.8 Å². The van der Waals surface area contributed by atoms with Crippen molar-refractivity contribution < 1.29 is 64.6 Å². The predicted molar refractivity (Wildman–Crippen MR) is 438 cm³/mol. The third-order valence-corrected chi connectivity index (χ3v) is 21.9. The van der Waals surface area contributed by atoms with Gasteiger partial charge in [-0.05, 0) is 77.0 Å². The fraction of sp³-hybridized carbons (Fsp3) is 0.879. The number of aliphatic hydroxyl groups excluding tert-OH is 8. The molecule has 0 aromatic carbocycles. The molecule has 616 valence electrons. The molecule has 0 aliphatic carbocycles. The zero-order valence-corrected chi connectivity index (χ0v) is 68.0. The molecule has 9 N–H and O–H groups in total. The Bertz CT molecular complexity index is 2000. The lowest BCUT2D eigenvalue weighted by molar-refractivity contribution is -0.359. The first-order valence-corrected chi connectivity index (χ1v) is 45.0. The minimum absolute atomic E-state index is 0.245. The highest BCUT2D eigenvalue weighted by Crippen LogP contribution is 2.31. The Morgan fingerprint density at radius 3 is 0.990 bits per heavy atom. The molecule has 2 aliphatic rings. The molecule has 2 fully saturated rings. The molecule has 12 unspecified atom stereocenters. The number of hydrogen-bond donors (Lipinski definition) is 9. The molecule has 2 aliphatic heterocycles. The van der Waals surface area contributed by atoms with E-state index in [-0.39, 0.29) is 18.9 Å². The second kappa shape index (κ2) is 74.4. The summed E-state index contributed by atoms with van der Waals surface area (Å²) in [7, 11) is 0. The molecule has 0 aromatic rings. The third kappa shape index (κ3) is 56.5. The van der Waals surface area contributed by atoms with Gasteiger partial charge in [0, 0.05) is 6.42 Å². The molecule has 0 bridgehead atoms. The summed E-state index contributed by atoms with van der Waals surface area (Å²) in [5.41, 5.74) is 0. The van der Waals surface area contributed by atoms with E-state index in [2.05, 4.69) is 67.8 Å². The molecule has 12 atom stereocenters. The number of hydrogen-bond acceptors (Lipinski definition) is 13. The lowest BCUT2D eigenvalue weighted by atomic mass is 9.97. The Kier molecular flexibility index (Phi) is 70.0. The Morgan fingerprint density at radius 2 is 0.638 bits per heavy atom. The van der Waals surface area contributed by atoms with Crippen LogP contribution in [0.2, 0.25) is 0 Å². The molecule has 2 saturated heterocycles. The maximum absolute atomic E-state index is 13.4. The molecule has 14 nitrogen and oxygen atoms in total. The molecular formula is C91H169NO13. The number of amides is 1. The standard InChI is InChI=1S/C91H169NO13/c1-3-5-7-9-11-13-15-17-19-21-23-25-27-29-31-33-35-36-37-38-39-40-41-42-43-44-45-47-49-51-53-55-57-59-61-63-65-67-69-71-73-75-83(96)92-79(78-102-90-88(101)86(99)89(82(77-94)104-90)105-91-87(100)85(98)84(97)81(76-93)103-91)80(95)74-72-70-68-66-64-62-60-58-56-54-52-50-48-46-34-32-30-28-26-24-22-20-18-16-14-12-10-8-6-4-2/h15,17,21,23,56,58,64,66,72,74,79-82,84-91,93-95,97-101H,3-14,16,18-20,22,24-55,57,59-63,65,67-71,73,75-78H2,1-2H3,(H,92,96)/b17-15-,23-21-,58-56+,66-64+,74-72+. The maximum atomic E-state index is 13.4. The average molecular weight is 1490 g/mol. The second-order valence-corrected chi connectivity index (χ2v) is 31.7. The van der Waals surface area contributed by atoms with E-state index in [1.165, 1.54) is 334 Å². The maximum Gasteiger partial charge on any atom is 0.220 e. The van der Waals surface area contributed by atoms with E-state index in [4.69, 9.17) is 18.9 Å². The van der Waals surface area contributed by atoms with Gasteiger partial charge in [-0.15, -0.1) is 0 Å². The third-order valence-electron chi connectivity index (χ3n) is 21.9. The number of carbonyl (C=O) groups excluding carboxylic acids is 1. The summed E-state index contributed by atoms with van der Waals surface area (Å²) in [6.07, 6.45) is 86.4. The van der Waals surface area contributed by atoms with Crippen molar-refractivity contribution >= 4 is 5.91 Å². The van der Waals surface area contributed by atoms with Gasteiger partial charge >= 0.3 is 0 Å². The first-order valence-electron chi connectivity index (χ1n) is 45.0. The highest BCUT2D eigenvalue weighted by Gasteiger charge is 2.51. The topological polar surface area (TPSA) is 228 Å². The smallest absolute Gasteiger partial charge is 0.220 e. The van der Waals surface area contributed by atoms with Crippen LogP contribution in [0.25, 0.3) is 0 Å². The molecule has 0 spiro atoms. The number of ether oxygens (including phenoxy) is 4. The lowest BCUT2D eigenvalue weighted by Crippen LogP contribution is -2.65. The van der Waals surface area contributed by atoms with Crippen LogP contribution in [-0.4, -0.2) is 140 Å². The van der Waals surface area contributed by atoms with Crippen molar-refractivity contribution in [3.8, 4) is 0 Å². The summed E-state index contributed by atoms with van der Waals surface area (Å²) < 4.78 is 22.9.